The molecule has 1 spiro atoms. The Morgan fingerprint density at radius 2 is 1.90 bits per heavy atom. The van der Waals surface area contributed by atoms with E-state index in [9.17, 15) is 15.8 Å². The summed E-state index contributed by atoms with van der Waals surface area (Å²) in [4.78, 5) is 0. The average molecular weight is 385 g/mol. The van der Waals surface area contributed by atoms with E-state index in [0.29, 0.717) is 18.4 Å². The van der Waals surface area contributed by atoms with Gasteiger partial charge in [-0.2, -0.15) is 15.8 Å². The van der Waals surface area contributed by atoms with Gasteiger partial charge >= 0.3 is 0 Å². The van der Waals surface area contributed by atoms with E-state index in [2.05, 4.69) is 18.2 Å². The maximum atomic E-state index is 10.4. The van der Waals surface area contributed by atoms with Crippen LogP contribution in [0.5, 0.6) is 0 Å². The zero-order chi connectivity index (χ0) is 20.4. The summed E-state index contributed by atoms with van der Waals surface area (Å²) in [6, 6.07) is 14.2. The van der Waals surface area contributed by atoms with E-state index in [0.717, 1.165) is 23.7 Å². The van der Waals surface area contributed by atoms with E-state index >= 15 is 0 Å². The molecule has 7 nitrogen and oxygen atoms in total. The van der Waals surface area contributed by atoms with Gasteiger partial charge in [-0.3, -0.25) is 5.41 Å². The van der Waals surface area contributed by atoms with Gasteiger partial charge in [-0.05, 0) is 18.9 Å². The lowest BCUT2D eigenvalue weighted by molar-refractivity contribution is -0.360. The molecule has 4 aliphatic rings. The van der Waals surface area contributed by atoms with Crippen molar-refractivity contribution in [1.82, 2.24) is 4.57 Å². The first kappa shape index (κ1) is 17.7. The van der Waals surface area contributed by atoms with Crippen LogP contribution in [0, 0.1) is 56.2 Å². The van der Waals surface area contributed by atoms with Gasteiger partial charge in [0.05, 0.1) is 24.1 Å². The quantitative estimate of drug-likeness (QED) is 0.803. The predicted molar refractivity (Wildman–Crippen MR) is 102 cm³/mol. The number of ether oxygens (including phenoxy) is 2. The molecule has 1 aromatic heterocycles. The number of nitrogens with zero attached hydrogens (tertiary/aromatic N) is 4. The average Bonchev–Trinajstić information content (AvgIpc) is 3.08. The monoisotopic (exact) mass is 385 g/mol. The zero-order valence-corrected chi connectivity index (χ0v) is 16.0. The molecule has 4 heterocycles. The molecule has 4 fully saturated rings. The lowest BCUT2D eigenvalue weighted by atomic mass is 9.48. The van der Waals surface area contributed by atoms with Crippen molar-refractivity contribution in [3.63, 3.8) is 0 Å². The normalized spacial score (nSPS) is 34.5. The molecule has 1 saturated carbocycles. The van der Waals surface area contributed by atoms with E-state index in [-0.39, 0.29) is 5.90 Å². The molecule has 3 saturated heterocycles. The Morgan fingerprint density at radius 1 is 1.14 bits per heavy atom. The summed E-state index contributed by atoms with van der Waals surface area (Å²) in [5.41, 5.74) is -1.89. The van der Waals surface area contributed by atoms with Gasteiger partial charge in [-0.15, -0.1) is 0 Å². The number of nitriles is 3. The van der Waals surface area contributed by atoms with Crippen molar-refractivity contribution in [3.8, 4) is 18.2 Å². The number of hydrogen-bond acceptors (Lipinski definition) is 6. The molecule has 29 heavy (non-hydrogen) atoms. The molecule has 2 bridgehead atoms. The second-order valence-electron chi connectivity index (χ2n) is 8.20. The van der Waals surface area contributed by atoms with Gasteiger partial charge in [-0.25, -0.2) is 0 Å². The highest BCUT2D eigenvalue weighted by molar-refractivity contribution is 5.91. The molecule has 144 valence electrons. The van der Waals surface area contributed by atoms with Crippen LogP contribution in [-0.2, 0) is 16.5 Å². The van der Waals surface area contributed by atoms with E-state index in [4.69, 9.17) is 14.9 Å². The second-order valence-corrected chi connectivity index (χ2v) is 8.20. The van der Waals surface area contributed by atoms with Gasteiger partial charge in [-0.1, -0.05) is 24.6 Å². The number of aromatic nitrogens is 1. The molecule has 1 aromatic carbocycles. The third-order valence-electron chi connectivity index (χ3n) is 7.03. The Balaban J connectivity index is 1.84. The van der Waals surface area contributed by atoms with Crippen molar-refractivity contribution >= 4 is 16.8 Å². The van der Waals surface area contributed by atoms with Crippen LogP contribution in [0.4, 0.5) is 0 Å². The Morgan fingerprint density at radius 3 is 2.62 bits per heavy atom. The van der Waals surface area contributed by atoms with Gasteiger partial charge in [0.2, 0.25) is 11.7 Å². The molecule has 0 unspecified atom stereocenters. The number of benzene rings is 1. The predicted octanol–water partition coefficient (Wildman–Crippen LogP) is 3.69. The maximum Gasteiger partial charge on any atom is 0.218 e. The summed E-state index contributed by atoms with van der Waals surface area (Å²) in [5, 5.41) is 40.4. The van der Waals surface area contributed by atoms with Crippen LogP contribution in [0.15, 0.2) is 30.5 Å². The summed E-state index contributed by atoms with van der Waals surface area (Å²) >= 11 is 0. The Kier molecular flexibility index (Phi) is 3.42. The molecular formula is C22H19N5O2. The summed E-state index contributed by atoms with van der Waals surface area (Å²) in [6.45, 7) is 0. The third kappa shape index (κ3) is 1.81. The first-order valence-corrected chi connectivity index (χ1v) is 9.73. The number of para-hydroxylation sites is 1. The van der Waals surface area contributed by atoms with Crippen LogP contribution in [0.2, 0.25) is 0 Å². The lowest BCUT2D eigenvalue weighted by Crippen LogP contribution is -2.73. The maximum absolute atomic E-state index is 10.4. The van der Waals surface area contributed by atoms with Gasteiger partial charge in [0.25, 0.3) is 0 Å². The van der Waals surface area contributed by atoms with Gasteiger partial charge < -0.3 is 14.0 Å². The molecule has 3 aliphatic heterocycles. The molecular weight excluding hydrogens is 366 g/mol. The Bertz CT molecular complexity index is 1160. The summed E-state index contributed by atoms with van der Waals surface area (Å²) < 4.78 is 14.4. The van der Waals surface area contributed by atoms with E-state index < -0.39 is 28.6 Å². The first-order chi connectivity index (χ1) is 14.0. The fourth-order valence-electron chi connectivity index (χ4n) is 5.70. The molecule has 2 aromatic rings. The van der Waals surface area contributed by atoms with E-state index in [1.165, 1.54) is 0 Å². The van der Waals surface area contributed by atoms with Crippen molar-refractivity contribution in [1.29, 1.82) is 21.2 Å². The smallest absolute Gasteiger partial charge is 0.218 e. The van der Waals surface area contributed by atoms with Crippen LogP contribution in [0.1, 0.15) is 37.4 Å². The lowest BCUT2D eigenvalue weighted by Gasteiger charge is -2.63. The van der Waals surface area contributed by atoms with Crippen LogP contribution < -0.4 is 0 Å². The van der Waals surface area contributed by atoms with Crippen molar-refractivity contribution < 1.29 is 9.47 Å². The highest BCUT2D eigenvalue weighted by Crippen LogP contribution is 2.69. The van der Waals surface area contributed by atoms with Crippen LogP contribution >= 0.6 is 0 Å². The Hall–Kier alpha value is -3.34. The minimum absolute atomic E-state index is 0.328. The number of rotatable bonds is 1. The number of fused-ring (bicyclic) bond motifs is 3. The molecule has 1 N–H and O–H groups in total. The number of aryl methyl sites for hydroxylation is 1. The number of hydrogen-bond donors (Lipinski definition) is 1. The molecule has 4 atom stereocenters. The fourth-order valence-corrected chi connectivity index (χ4v) is 5.70. The van der Waals surface area contributed by atoms with E-state index in [1.807, 2.05) is 42.1 Å². The topological polar surface area (TPSA) is 119 Å². The third-order valence-corrected chi connectivity index (χ3v) is 7.03. The van der Waals surface area contributed by atoms with Crippen LogP contribution in [0.3, 0.4) is 0 Å². The largest absolute Gasteiger partial charge is 0.447 e. The van der Waals surface area contributed by atoms with Crippen molar-refractivity contribution in [3.05, 3.63) is 36.0 Å². The van der Waals surface area contributed by atoms with Crippen molar-refractivity contribution in [2.75, 3.05) is 0 Å². The minimum Gasteiger partial charge on any atom is -0.447 e. The van der Waals surface area contributed by atoms with Crippen LogP contribution in [0.25, 0.3) is 10.9 Å². The Labute approximate surface area is 168 Å². The van der Waals surface area contributed by atoms with Crippen LogP contribution in [-0.4, -0.2) is 16.3 Å². The molecule has 7 heteroatoms. The molecule has 6 rings (SSSR count). The van der Waals surface area contributed by atoms with Gasteiger partial charge in [0, 0.05) is 36.1 Å². The fraction of sp³-hybridized carbons (Fsp3) is 0.455. The molecule has 0 amide bonds. The van der Waals surface area contributed by atoms with Crippen molar-refractivity contribution in [2.24, 2.45) is 23.8 Å². The minimum atomic E-state index is -1.83. The molecule has 1 aliphatic carbocycles. The first-order valence-electron chi connectivity index (χ1n) is 9.73. The van der Waals surface area contributed by atoms with E-state index in [1.54, 1.807) is 0 Å². The highest BCUT2D eigenvalue weighted by Gasteiger charge is 2.80. The highest BCUT2D eigenvalue weighted by atomic mass is 16.7. The summed E-state index contributed by atoms with van der Waals surface area (Å²) in [5.74, 6) is -2.12. The van der Waals surface area contributed by atoms with Gasteiger partial charge in [0.1, 0.15) is 6.10 Å². The van der Waals surface area contributed by atoms with Gasteiger partial charge in [0.15, 0.2) is 10.8 Å². The van der Waals surface area contributed by atoms with Crippen molar-refractivity contribution in [2.45, 2.75) is 37.6 Å². The summed E-state index contributed by atoms with van der Waals surface area (Å²) in [7, 11) is 1.90. The zero-order valence-electron chi connectivity index (χ0n) is 16.0. The second kappa shape index (κ2) is 5.60. The standard InChI is InChI=1S/C22H19N5O2/c1-27-10-15(14-6-2-3-7-16(14)27)18-21(13-25)19(26)29-22(28-18)9-5-4-8-17(22)20(21,11-23)12-24/h2-3,6-7,10,17-18,26H,4-5,8-9H2,1H3/t17-,18-,21+,22+/m0/s1. The SMILES string of the molecule is Cn1cc([C@@H]2O[C@@]34CCCC[C@H]3C(C#N)(C#N)[C@@]2(C#N)C(=N)O4)c2ccccc21. The summed E-state index contributed by atoms with van der Waals surface area (Å²) in [6.07, 6.45) is 3.63. The number of nitrogens with one attached hydrogen (secondary N) is 1. The molecule has 0 radical (unpaired) electrons.